The lowest BCUT2D eigenvalue weighted by atomic mass is 10.0. The fourth-order valence-corrected chi connectivity index (χ4v) is 3.33. The Morgan fingerprint density at radius 1 is 1.24 bits per heavy atom. The highest BCUT2D eigenvalue weighted by Crippen LogP contribution is 2.28. The summed E-state index contributed by atoms with van der Waals surface area (Å²) in [6, 6.07) is 7.51. The van der Waals surface area contributed by atoms with Gasteiger partial charge in [0.05, 0.1) is 12.0 Å². The third-order valence-electron chi connectivity index (χ3n) is 4.74. The highest BCUT2D eigenvalue weighted by molar-refractivity contribution is 6.00. The van der Waals surface area contributed by atoms with E-state index in [1.807, 2.05) is 43.0 Å². The zero-order valence-corrected chi connectivity index (χ0v) is 15.2. The summed E-state index contributed by atoms with van der Waals surface area (Å²) in [5.41, 5.74) is 2.16. The quantitative estimate of drug-likeness (QED) is 0.791. The highest BCUT2D eigenvalue weighted by atomic mass is 16.5. The number of ether oxygens (including phenoxy) is 1. The second-order valence-electron chi connectivity index (χ2n) is 7.15. The van der Waals surface area contributed by atoms with Crippen molar-refractivity contribution in [2.24, 2.45) is 5.92 Å². The molecule has 1 atom stereocenters. The minimum Gasteiger partial charge on any atom is -0.491 e. The van der Waals surface area contributed by atoms with Crippen LogP contribution in [0.2, 0.25) is 0 Å². The molecule has 5 heteroatoms. The van der Waals surface area contributed by atoms with E-state index in [1.54, 1.807) is 4.90 Å². The Morgan fingerprint density at radius 2 is 1.96 bits per heavy atom. The summed E-state index contributed by atoms with van der Waals surface area (Å²) in [5, 5.41) is 0. The van der Waals surface area contributed by atoms with Crippen LogP contribution in [-0.4, -0.2) is 42.5 Å². The molecule has 2 aliphatic heterocycles. The van der Waals surface area contributed by atoms with Gasteiger partial charge < -0.3 is 14.5 Å². The summed E-state index contributed by atoms with van der Waals surface area (Å²) in [4.78, 5) is 28.7. The molecule has 0 aromatic heterocycles. The van der Waals surface area contributed by atoms with Crippen LogP contribution in [-0.2, 0) is 9.59 Å². The van der Waals surface area contributed by atoms with Gasteiger partial charge in [0.2, 0.25) is 11.8 Å². The van der Waals surface area contributed by atoms with Gasteiger partial charge in [-0.1, -0.05) is 11.6 Å². The van der Waals surface area contributed by atoms with Gasteiger partial charge >= 0.3 is 0 Å². The number of hydrogen-bond acceptors (Lipinski definition) is 3. The molecule has 5 nitrogen and oxygen atoms in total. The van der Waals surface area contributed by atoms with Crippen molar-refractivity contribution in [3.05, 3.63) is 35.9 Å². The number of rotatable bonds is 4. The lowest BCUT2D eigenvalue weighted by molar-refractivity contribution is -0.135. The minimum atomic E-state index is -0.245. The standard InChI is InChI=1S/C20H26N2O3/c1-14(2)25-18-6-4-17(5-7-18)22-13-16(12-19(22)23)20(24)21-10-8-15(3)9-11-21/h4-8,14,16H,9-13H2,1-3H3/t16-/m0/s1. The molecule has 0 unspecified atom stereocenters. The van der Waals surface area contributed by atoms with Crippen LogP contribution in [0.5, 0.6) is 5.75 Å². The molecule has 0 spiro atoms. The van der Waals surface area contributed by atoms with E-state index in [-0.39, 0.29) is 23.8 Å². The molecule has 25 heavy (non-hydrogen) atoms. The summed E-state index contributed by atoms with van der Waals surface area (Å²) in [6.07, 6.45) is 3.43. The Kier molecular flexibility index (Phi) is 5.11. The molecule has 1 aromatic carbocycles. The van der Waals surface area contributed by atoms with Crippen LogP contribution in [0.25, 0.3) is 0 Å². The van der Waals surface area contributed by atoms with Gasteiger partial charge in [0.25, 0.3) is 0 Å². The first-order valence-corrected chi connectivity index (χ1v) is 8.95. The van der Waals surface area contributed by atoms with Crippen LogP contribution in [0.15, 0.2) is 35.9 Å². The predicted molar refractivity (Wildman–Crippen MR) is 97.6 cm³/mol. The zero-order valence-electron chi connectivity index (χ0n) is 15.2. The number of anilines is 1. The summed E-state index contributed by atoms with van der Waals surface area (Å²) >= 11 is 0. The average molecular weight is 342 g/mol. The number of carbonyl (C=O) groups excluding carboxylic acids is 2. The van der Waals surface area contributed by atoms with Crippen LogP contribution in [0, 0.1) is 5.92 Å². The molecule has 134 valence electrons. The Balaban J connectivity index is 1.65. The fourth-order valence-electron chi connectivity index (χ4n) is 3.33. The fraction of sp³-hybridized carbons (Fsp3) is 0.500. The molecular formula is C20H26N2O3. The third-order valence-corrected chi connectivity index (χ3v) is 4.74. The van der Waals surface area contributed by atoms with E-state index in [1.165, 1.54) is 5.57 Å². The van der Waals surface area contributed by atoms with Gasteiger partial charge in [0, 0.05) is 31.7 Å². The van der Waals surface area contributed by atoms with Crippen molar-refractivity contribution in [2.45, 2.75) is 39.7 Å². The van der Waals surface area contributed by atoms with Crippen molar-refractivity contribution in [3.8, 4) is 5.75 Å². The molecule has 2 aliphatic rings. The zero-order chi connectivity index (χ0) is 18.0. The summed E-state index contributed by atoms with van der Waals surface area (Å²) in [6.45, 7) is 7.93. The largest absolute Gasteiger partial charge is 0.491 e. The van der Waals surface area contributed by atoms with Gasteiger partial charge in [-0.2, -0.15) is 0 Å². The van der Waals surface area contributed by atoms with Crippen molar-refractivity contribution >= 4 is 17.5 Å². The monoisotopic (exact) mass is 342 g/mol. The predicted octanol–water partition coefficient (Wildman–Crippen LogP) is 3.01. The van der Waals surface area contributed by atoms with Crippen molar-refractivity contribution in [1.82, 2.24) is 4.90 Å². The molecule has 1 aromatic rings. The van der Waals surface area contributed by atoms with Crippen molar-refractivity contribution in [3.63, 3.8) is 0 Å². The molecule has 1 saturated heterocycles. The molecule has 0 N–H and O–H groups in total. The molecule has 3 rings (SSSR count). The lowest BCUT2D eigenvalue weighted by Crippen LogP contribution is -2.39. The maximum atomic E-state index is 12.7. The summed E-state index contributed by atoms with van der Waals surface area (Å²) in [7, 11) is 0. The second kappa shape index (κ2) is 7.30. The highest BCUT2D eigenvalue weighted by Gasteiger charge is 2.37. The van der Waals surface area contributed by atoms with E-state index < -0.39 is 0 Å². The number of amides is 2. The van der Waals surface area contributed by atoms with E-state index in [0.717, 1.165) is 24.4 Å². The van der Waals surface area contributed by atoms with Crippen LogP contribution >= 0.6 is 0 Å². The molecule has 1 fully saturated rings. The van der Waals surface area contributed by atoms with Gasteiger partial charge in [-0.15, -0.1) is 0 Å². The van der Waals surface area contributed by atoms with Gasteiger partial charge in [0.1, 0.15) is 5.75 Å². The van der Waals surface area contributed by atoms with E-state index in [4.69, 9.17) is 4.74 Å². The molecule has 2 heterocycles. The van der Waals surface area contributed by atoms with Gasteiger partial charge in [-0.3, -0.25) is 9.59 Å². The normalized spacial score (nSPS) is 20.9. The number of nitrogens with zero attached hydrogens (tertiary/aromatic N) is 2. The van der Waals surface area contributed by atoms with Crippen molar-refractivity contribution in [2.75, 3.05) is 24.5 Å². The smallest absolute Gasteiger partial charge is 0.228 e. The van der Waals surface area contributed by atoms with Crippen LogP contribution in [0.1, 0.15) is 33.6 Å². The molecule has 0 aliphatic carbocycles. The number of benzene rings is 1. The Labute approximate surface area is 149 Å². The SMILES string of the molecule is CC1=CCN(C(=O)[C@H]2CC(=O)N(c3ccc(OC(C)C)cc3)C2)CC1. The van der Waals surface area contributed by atoms with Crippen molar-refractivity contribution < 1.29 is 14.3 Å². The van der Waals surface area contributed by atoms with E-state index >= 15 is 0 Å². The Bertz CT molecular complexity index is 679. The molecule has 0 saturated carbocycles. The first-order valence-electron chi connectivity index (χ1n) is 8.95. The third kappa shape index (κ3) is 4.03. The van der Waals surface area contributed by atoms with Gasteiger partial charge in [-0.05, 0) is 51.5 Å². The first-order chi connectivity index (χ1) is 11.9. The van der Waals surface area contributed by atoms with Crippen LogP contribution in [0.4, 0.5) is 5.69 Å². The van der Waals surface area contributed by atoms with Crippen LogP contribution in [0.3, 0.4) is 0 Å². The number of carbonyl (C=O) groups is 2. The van der Waals surface area contributed by atoms with E-state index in [9.17, 15) is 9.59 Å². The first kappa shape index (κ1) is 17.5. The molecule has 0 bridgehead atoms. The lowest BCUT2D eigenvalue weighted by Gasteiger charge is -2.28. The molecule has 0 radical (unpaired) electrons. The van der Waals surface area contributed by atoms with Gasteiger partial charge in [0.15, 0.2) is 0 Å². The molecular weight excluding hydrogens is 316 g/mol. The van der Waals surface area contributed by atoms with Gasteiger partial charge in [-0.25, -0.2) is 0 Å². The Morgan fingerprint density at radius 3 is 2.56 bits per heavy atom. The van der Waals surface area contributed by atoms with Crippen LogP contribution < -0.4 is 9.64 Å². The summed E-state index contributed by atoms with van der Waals surface area (Å²) in [5.74, 6) is 0.651. The minimum absolute atomic E-state index is 0.0135. The number of hydrogen-bond donors (Lipinski definition) is 0. The van der Waals surface area contributed by atoms with Crippen molar-refractivity contribution in [1.29, 1.82) is 0 Å². The maximum Gasteiger partial charge on any atom is 0.228 e. The van der Waals surface area contributed by atoms with E-state index in [0.29, 0.717) is 19.5 Å². The van der Waals surface area contributed by atoms with E-state index in [2.05, 4.69) is 13.0 Å². The second-order valence-corrected chi connectivity index (χ2v) is 7.15. The average Bonchev–Trinajstić information content (AvgIpc) is 2.97. The topological polar surface area (TPSA) is 49.9 Å². The maximum absolute atomic E-state index is 12.7. The Hall–Kier alpha value is -2.30. The molecule has 2 amide bonds. The summed E-state index contributed by atoms with van der Waals surface area (Å²) < 4.78 is 5.64.